The van der Waals surface area contributed by atoms with Crippen molar-refractivity contribution in [2.45, 2.75) is 44.7 Å². The topological polar surface area (TPSA) is 116 Å². The van der Waals surface area contributed by atoms with E-state index in [1.807, 2.05) is 0 Å². The summed E-state index contributed by atoms with van der Waals surface area (Å²) in [5.41, 5.74) is 1.69. The first-order valence-electron chi connectivity index (χ1n) is 8.68. The molecule has 2 aliphatic heterocycles. The molecule has 4 amide bonds. The summed E-state index contributed by atoms with van der Waals surface area (Å²) < 4.78 is 0. The van der Waals surface area contributed by atoms with E-state index in [0.717, 1.165) is 0 Å². The second-order valence-corrected chi connectivity index (χ2v) is 6.46. The van der Waals surface area contributed by atoms with E-state index in [0.29, 0.717) is 36.1 Å². The Bertz CT molecular complexity index is 761. The van der Waals surface area contributed by atoms with E-state index in [-0.39, 0.29) is 43.7 Å². The summed E-state index contributed by atoms with van der Waals surface area (Å²) in [5, 5.41) is 13.9. The van der Waals surface area contributed by atoms with Crippen LogP contribution in [0.1, 0.15) is 48.0 Å². The van der Waals surface area contributed by atoms with Crippen LogP contribution >= 0.6 is 0 Å². The molecule has 0 aliphatic carbocycles. The molecule has 26 heavy (non-hydrogen) atoms. The molecule has 0 bridgehead atoms. The van der Waals surface area contributed by atoms with E-state index in [9.17, 15) is 19.2 Å². The minimum Gasteiger partial charge on any atom is -0.396 e. The van der Waals surface area contributed by atoms with Crippen LogP contribution in [0.4, 0.5) is 5.69 Å². The summed E-state index contributed by atoms with van der Waals surface area (Å²) in [4.78, 5) is 49.6. The maximum atomic E-state index is 12.7. The van der Waals surface area contributed by atoms with Crippen LogP contribution in [0.25, 0.3) is 0 Å². The summed E-state index contributed by atoms with van der Waals surface area (Å²) >= 11 is 0. The van der Waals surface area contributed by atoms with Gasteiger partial charge in [-0.25, -0.2) is 0 Å². The van der Waals surface area contributed by atoms with Crippen molar-refractivity contribution in [2.75, 3.05) is 11.9 Å². The van der Waals surface area contributed by atoms with Gasteiger partial charge in [0.15, 0.2) is 0 Å². The molecular weight excluding hydrogens is 338 g/mol. The van der Waals surface area contributed by atoms with Crippen molar-refractivity contribution >= 4 is 29.3 Å². The summed E-state index contributed by atoms with van der Waals surface area (Å²) in [5.74, 6) is -1.24. The van der Waals surface area contributed by atoms with Crippen molar-refractivity contribution in [3.05, 3.63) is 29.3 Å². The number of hydrogen-bond donors (Lipinski definition) is 3. The number of carbonyl (C=O) groups is 4. The van der Waals surface area contributed by atoms with Crippen molar-refractivity contribution in [3.63, 3.8) is 0 Å². The van der Waals surface area contributed by atoms with Crippen LogP contribution in [0, 0.1) is 0 Å². The lowest BCUT2D eigenvalue weighted by atomic mass is 10.0. The predicted molar refractivity (Wildman–Crippen MR) is 92.1 cm³/mol. The molecule has 1 unspecified atom stereocenters. The second-order valence-electron chi connectivity index (χ2n) is 6.46. The van der Waals surface area contributed by atoms with Crippen LogP contribution in [0.3, 0.4) is 0 Å². The standard InChI is InChI=1S/C18H21N3O5/c22-9-2-1-6-15(23)19-13-5-3-4-11-12(13)10-21(18(11)26)14-7-8-16(24)20-17(14)25/h3-5,14,22H,1-2,6-10H2,(H,19,23)(H,20,24,25). The number of unbranched alkanes of at least 4 members (excludes halogenated alkanes) is 1. The molecule has 2 heterocycles. The lowest BCUT2D eigenvalue weighted by molar-refractivity contribution is -0.137. The van der Waals surface area contributed by atoms with Gasteiger partial charge in [0, 0.05) is 42.8 Å². The highest BCUT2D eigenvalue weighted by atomic mass is 16.3. The van der Waals surface area contributed by atoms with Crippen molar-refractivity contribution in [3.8, 4) is 0 Å². The predicted octanol–water partition coefficient (Wildman–Crippen LogP) is 0.549. The molecule has 8 heteroatoms. The van der Waals surface area contributed by atoms with Crippen LogP contribution in [-0.4, -0.2) is 46.3 Å². The number of nitrogens with one attached hydrogen (secondary N) is 2. The number of nitrogens with zero attached hydrogens (tertiary/aromatic N) is 1. The summed E-state index contributed by atoms with van der Waals surface area (Å²) in [6.45, 7) is 0.261. The number of hydrogen-bond acceptors (Lipinski definition) is 5. The molecule has 0 radical (unpaired) electrons. The quantitative estimate of drug-likeness (QED) is 0.507. The number of aliphatic hydroxyl groups is 1. The van der Waals surface area contributed by atoms with Gasteiger partial charge in [0.2, 0.25) is 17.7 Å². The van der Waals surface area contributed by atoms with Crippen LogP contribution in [0.5, 0.6) is 0 Å². The Morgan fingerprint density at radius 3 is 2.81 bits per heavy atom. The highest BCUT2D eigenvalue weighted by Gasteiger charge is 2.39. The average molecular weight is 359 g/mol. The fraction of sp³-hybridized carbons (Fsp3) is 0.444. The summed E-state index contributed by atoms with van der Waals surface area (Å²) in [6, 6.07) is 4.41. The normalized spacial score (nSPS) is 19.3. The molecule has 138 valence electrons. The fourth-order valence-electron chi connectivity index (χ4n) is 3.31. The molecule has 1 fully saturated rings. The highest BCUT2D eigenvalue weighted by Crippen LogP contribution is 2.32. The minimum atomic E-state index is -0.680. The molecule has 0 spiro atoms. The molecule has 1 aromatic carbocycles. The molecular formula is C18H21N3O5. The average Bonchev–Trinajstić information content (AvgIpc) is 2.93. The van der Waals surface area contributed by atoms with E-state index in [1.165, 1.54) is 4.90 Å². The van der Waals surface area contributed by atoms with Gasteiger partial charge in [-0.05, 0) is 31.4 Å². The first-order valence-corrected chi connectivity index (χ1v) is 8.68. The van der Waals surface area contributed by atoms with E-state index in [1.54, 1.807) is 18.2 Å². The number of fused-ring (bicyclic) bond motifs is 1. The molecule has 8 nitrogen and oxygen atoms in total. The van der Waals surface area contributed by atoms with E-state index >= 15 is 0 Å². The van der Waals surface area contributed by atoms with Gasteiger partial charge in [0.1, 0.15) is 6.04 Å². The molecule has 1 atom stereocenters. The third-order valence-corrected chi connectivity index (χ3v) is 4.67. The van der Waals surface area contributed by atoms with Gasteiger partial charge in [-0.2, -0.15) is 0 Å². The van der Waals surface area contributed by atoms with Gasteiger partial charge in [-0.3, -0.25) is 24.5 Å². The van der Waals surface area contributed by atoms with Crippen LogP contribution in [-0.2, 0) is 20.9 Å². The lowest BCUT2D eigenvalue weighted by Crippen LogP contribution is -2.52. The first-order chi connectivity index (χ1) is 12.5. The molecule has 2 aliphatic rings. The molecule has 3 rings (SSSR count). The Labute approximate surface area is 150 Å². The van der Waals surface area contributed by atoms with Gasteiger partial charge >= 0.3 is 0 Å². The number of imide groups is 1. The maximum absolute atomic E-state index is 12.7. The van der Waals surface area contributed by atoms with Gasteiger partial charge in [0.25, 0.3) is 5.91 Å². The zero-order valence-electron chi connectivity index (χ0n) is 14.3. The van der Waals surface area contributed by atoms with Crippen LogP contribution < -0.4 is 10.6 Å². The number of benzene rings is 1. The second kappa shape index (κ2) is 7.65. The number of carbonyl (C=O) groups excluding carboxylic acids is 4. The lowest BCUT2D eigenvalue weighted by Gasteiger charge is -2.29. The summed E-state index contributed by atoms with van der Waals surface area (Å²) in [7, 11) is 0. The third-order valence-electron chi connectivity index (χ3n) is 4.67. The fourth-order valence-corrected chi connectivity index (χ4v) is 3.31. The molecule has 0 saturated carbocycles. The number of piperidine rings is 1. The number of rotatable bonds is 6. The van der Waals surface area contributed by atoms with Crippen molar-refractivity contribution < 1.29 is 24.3 Å². The van der Waals surface area contributed by atoms with Crippen molar-refractivity contribution in [2.24, 2.45) is 0 Å². The van der Waals surface area contributed by atoms with Crippen molar-refractivity contribution in [1.29, 1.82) is 0 Å². The van der Waals surface area contributed by atoms with E-state index in [2.05, 4.69) is 10.6 Å². The zero-order chi connectivity index (χ0) is 18.7. The van der Waals surface area contributed by atoms with Gasteiger partial charge in [0.05, 0.1) is 0 Å². The largest absolute Gasteiger partial charge is 0.396 e. The SMILES string of the molecule is O=C1CCC(N2Cc3c(NC(=O)CCCCO)cccc3C2=O)C(=O)N1. The Morgan fingerprint density at radius 1 is 1.27 bits per heavy atom. The molecule has 0 aromatic heterocycles. The first kappa shape index (κ1) is 18.1. The van der Waals surface area contributed by atoms with Crippen LogP contribution in [0.15, 0.2) is 18.2 Å². The monoisotopic (exact) mass is 359 g/mol. The van der Waals surface area contributed by atoms with E-state index < -0.39 is 11.9 Å². The Morgan fingerprint density at radius 2 is 2.08 bits per heavy atom. The van der Waals surface area contributed by atoms with Crippen LogP contribution in [0.2, 0.25) is 0 Å². The Kier molecular flexibility index (Phi) is 5.32. The Hall–Kier alpha value is -2.74. The summed E-state index contributed by atoms with van der Waals surface area (Å²) in [6.07, 6.45) is 1.92. The highest BCUT2D eigenvalue weighted by molar-refractivity contribution is 6.06. The van der Waals surface area contributed by atoms with Gasteiger partial charge in [-0.15, -0.1) is 0 Å². The maximum Gasteiger partial charge on any atom is 0.255 e. The number of anilines is 1. The third kappa shape index (κ3) is 3.60. The van der Waals surface area contributed by atoms with Gasteiger partial charge in [-0.1, -0.05) is 6.07 Å². The number of aliphatic hydroxyl groups excluding tert-OH is 1. The molecule has 3 N–H and O–H groups in total. The minimum absolute atomic E-state index is 0.0451. The zero-order valence-corrected chi connectivity index (χ0v) is 14.3. The smallest absolute Gasteiger partial charge is 0.255 e. The van der Waals surface area contributed by atoms with E-state index in [4.69, 9.17) is 5.11 Å². The van der Waals surface area contributed by atoms with Crippen molar-refractivity contribution in [1.82, 2.24) is 10.2 Å². The number of amides is 4. The Balaban J connectivity index is 1.74. The molecule has 1 aromatic rings. The molecule has 1 saturated heterocycles. The van der Waals surface area contributed by atoms with Gasteiger partial charge < -0.3 is 15.3 Å².